The molecule has 2 amide bonds. The molecule has 1 aliphatic rings. The lowest BCUT2D eigenvalue weighted by molar-refractivity contribution is -0.124. The Morgan fingerprint density at radius 2 is 2.33 bits per heavy atom. The highest BCUT2D eigenvalue weighted by atomic mass is 16.3. The lowest BCUT2D eigenvalue weighted by Crippen LogP contribution is -2.37. The van der Waals surface area contributed by atoms with Crippen LogP contribution in [0.5, 0.6) is 0 Å². The maximum absolute atomic E-state index is 12.1. The molecule has 18 heavy (non-hydrogen) atoms. The Hall–Kier alpha value is -2.11. The van der Waals surface area contributed by atoms with E-state index in [0.717, 1.165) is 11.3 Å². The second-order valence-corrected chi connectivity index (χ2v) is 4.26. The molecular formula is C12H15N3O3. The minimum absolute atomic E-state index is 0.153. The second-order valence-electron chi connectivity index (χ2n) is 4.26. The number of amides is 2. The van der Waals surface area contributed by atoms with Gasteiger partial charge in [0.15, 0.2) is 0 Å². The Balaban J connectivity index is 2.01. The van der Waals surface area contributed by atoms with Gasteiger partial charge in [0, 0.05) is 32.0 Å². The van der Waals surface area contributed by atoms with Crippen LogP contribution in [-0.4, -0.2) is 29.5 Å². The van der Waals surface area contributed by atoms with Gasteiger partial charge in [0.2, 0.25) is 5.91 Å². The summed E-state index contributed by atoms with van der Waals surface area (Å²) in [5, 5.41) is 3.79. The first-order valence-electron chi connectivity index (χ1n) is 5.72. The quantitative estimate of drug-likeness (QED) is 0.861. The molecule has 2 heterocycles. The summed E-state index contributed by atoms with van der Waals surface area (Å²) >= 11 is 0. The first-order chi connectivity index (χ1) is 8.58. The summed E-state index contributed by atoms with van der Waals surface area (Å²) in [6.07, 6.45) is 2.30. The lowest BCUT2D eigenvalue weighted by atomic mass is 10.1. The number of rotatable bonds is 3. The summed E-state index contributed by atoms with van der Waals surface area (Å²) < 4.78 is 5.18. The molecule has 0 bridgehead atoms. The highest BCUT2D eigenvalue weighted by Gasteiger charge is 2.21. The molecule has 96 valence electrons. The molecular weight excluding hydrogens is 234 g/mol. The summed E-state index contributed by atoms with van der Waals surface area (Å²) in [4.78, 5) is 24.6. The zero-order valence-corrected chi connectivity index (χ0v) is 10.4. The predicted octanol–water partition coefficient (Wildman–Crippen LogP) is 0.812. The number of nitrogens with zero attached hydrogens (tertiary/aromatic N) is 2. The summed E-state index contributed by atoms with van der Waals surface area (Å²) in [5.41, 5.74) is 3.67. The van der Waals surface area contributed by atoms with Crippen molar-refractivity contribution in [2.75, 3.05) is 7.05 Å². The van der Waals surface area contributed by atoms with Gasteiger partial charge in [-0.3, -0.25) is 9.59 Å². The van der Waals surface area contributed by atoms with E-state index in [9.17, 15) is 9.59 Å². The van der Waals surface area contributed by atoms with Crippen LogP contribution in [0.1, 0.15) is 24.2 Å². The summed E-state index contributed by atoms with van der Waals surface area (Å²) in [7, 11) is 1.70. The van der Waals surface area contributed by atoms with Crippen molar-refractivity contribution in [1.29, 1.82) is 0 Å². The first-order valence-corrected chi connectivity index (χ1v) is 5.72. The number of carbonyl (C=O) groups is 2. The Morgan fingerprint density at radius 1 is 1.56 bits per heavy atom. The maximum Gasteiger partial charge on any atom is 0.270 e. The van der Waals surface area contributed by atoms with Crippen molar-refractivity contribution in [2.24, 2.45) is 5.10 Å². The topological polar surface area (TPSA) is 74.9 Å². The summed E-state index contributed by atoms with van der Waals surface area (Å²) in [6.45, 7) is 2.32. The highest BCUT2D eigenvalue weighted by Crippen LogP contribution is 2.12. The number of hydrazone groups is 1. The van der Waals surface area contributed by atoms with Crippen LogP contribution in [0, 0.1) is 6.92 Å². The van der Waals surface area contributed by atoms with Crippen molar-refractivity contribution in [2.45, 2.75) is 26.3 Å². The van der Waals surface area contributed by atoms with E-state index in [1.807, 2.05) is 13.0 Å². The lowest BCUT2D eigenvalue weighted by Gasteiger charge is -2.19. The van der Waals surface area contributed by atoms with E-state index in [-0.39, 0.29) is 11.8 Å². The third kappa shape index (κ3) is 2.58. The van der Waals surface area contributed by atoms with Gasteiger partial charge in [0.1, 0.15) is 11.5 Å². The molecule has 0 saturated heterocycles. The number of aryl methyl sites for hydroxylation is 1. The fraction of sp³-hybridized carbons (Fsp3) is 0.417. The fourth-order valence-electron chi connectivity index (χ4n) is 1.75. The van der Waals surface area contributed by atoms with Gasteiger partial charge in [-0.15, -0.1) is 0 Å². The van der Waals surface area contributed by atoms with Gasteiger partial charge < -0.3 is 9.32 Å². The normalized spacial score (nSPS) is 15.0. The SMILES string of the molecule is Cc1occc1CN(C)C(=O)C1=NNC(=O)CC1. The van der Waals surface area contributed by atoms with Gasteiger partial charge in [0.05, 0.1) is 6.26 Å². The number of nitrogens with one attached hydrogen (secondary N) is 1. The third-order valence-corrected chi connectivity index (χ3v) is 2.87. The summed E-state index contributed by atoms with van der Waals surface area (Å²) in [6, 6.07) is 1.84. The maximum atomic E-state index is 12.1. The van der Waals surface area contributed by atoms with Crippen molar-refractivity contribution in [3.63, 3.8) is 0 Å². The smallest absolute Gasteiger partial charge is 0.270 e. The Morgan fingerprint density at radius 3 is 2.89 bits per heavy atom. The first kappa shape index (κ1) is 12.3. The van der Waals surface area contributed by atoms with E-state index in [1.54, 1.807) is 18.2 Å². The van der Waals surface area contributed by atoms with Gasteiger partial charge in [0.25, 0.3) is 5.91 Å². The molecule has 0 radical (unpaired) electrons. The fourth-order valence-corrected chi connectivity index (χ4v) is 1.75. The highest BCUT2D eigenvalue weighted by molar-refractivity contribution is 6.39. The van der Waals surface area contributed by atoms with Gasteiger partial charge in [-0.1, -0.05) is 0 Å². The van der Waals surface area contributed by atoms with E-state index in [4.69, 9.17) is 4.42 Å². The molecule has 0 aromatic carbocycles. The van der Waals surface area contributed by atoms with Gasteiger partial charge >= 0.3 is 0 Å². The molecule has 2 rings (SSSR count). The van der Waals surface area contributed by atoms with Crippen LogP contribution >= 0.6 is 0 Å². The van der Waals surface area contributed by atoms with Crippen LogP contribution < -0.4 is 5.43 Å². The van der Waals surface area contributed by atoms with Crippen LogP contribution in [0.15, 0.2) is 21.8 Å². The van der Waals surface area contributed by atoms with E-state index < -0.39 is 0 Å². The van der Waals surface area contributed by atoms with Crippen LogP contribution in [-0.2, 0) is 16.1 Å². The minimum Gasteiger partial charge on any atom is -0.469 e. The molecule has 0 saturated carbocycles. The zero-order chi connectivity index (χ0) is 13.1. The van der Waals surface area contributed by atoms with Gasteiger partial charge in [-0.05, 0) is 13.0 Å². The van der Waals surface area contributed by atoms with Crippen molar-refractivity contribution in [3.05, 3.63) is 23.7 Å². The Kier molecular flexibility index (Phi) is 3.45. The van der Waals surface area contributed by atoms with Crippen LogP contribution in [0.3, 0.4) is 0 Å². The standard InChI is InChI=1S/C12H15N3O3/c1-8-9(5-6-18-8)7-15(2)12(17)10-3-4-11(16)14-13-10/h5-6H,3-4,7H2,1-2H3,(H,14,16). The molecule has 6 nitrogen and oxygen atoms in total. The van der Waals surface area contributed by atoms with E-state index >= 15 is 0 Å². The van der Waals surface area contributed by atoms with E-state index in [2.05, 4.69) is 10.5 Å². The monoisotopic (exact) mass is 249 g/mol. The van der Waals surface area contributed by atoms with Crippen molar-refractivity contribution < 1.29 is 14.0 Å². The van der Waals surface area contributed by atoms with E-state index in [1.165, 1.54) is 0 Å². The summed E-state index contributed by atoms with van der Waals surface area (Å²) in [5.74, 6) is 0.476. The third-order valence-electron chi connectivity index (χ3n) is 2.87. The van der Waals surface area contributed by atoms with Crippen LogP contribution in [0.4, 0.5) is 0 Å². The average Bonchev–Trinajstić information content (AvgIpc) is 2.75. The van der Waals surface area contributed by atoms with Crippen molar-refractivity contribution >= 4 is 17.5 Å². The van der Waals surface area contributed by atoms with E-state index in [0.29, 0.717) is 25.1 Å². The Bertz CT molecular complexity index is 504. The van der Waals surface area contributed by atoms with Crippen molar-refractivity contribution in [3.8, 4) is 0 Å². The number of hydrogen-bond donors (Lipinski definition) is 1. The molecule has 0 unspecified atom stereocenters. The molecule has 0 atom stereocenters. The molecule has 1 N–H and O–H groups in total. The molecule has 1 aliphatic heterocycles. The molecule has 1 aromatic heterocycles. The second kappa shape index (κ2) is 5.03. The molecule has 0 fully saturated rings. The number of hydrogen-bond acceptors (Lipinski definition) is 4. The molecule has 1 aromatic rings. The molecule has 0 aliphatic carbocycles. The minimum atomic E-state index is -0.171. The predicted molar refractivity (Wildman–Crippen MR) is 64.7 cm³/mol. The Labute approximate surface area is 105 Å². The van der Waals surface area contributed by atoms with Crippen LogP contribution in [0.2, 0.25) is 0 Å². The largest absolute Gasteiger partial charge is 0.469 e. The van der Waals surface area contributed by atoms with Crippen molar-refractivity contribution in [1.82, 2.24) is 10.3 Å². The number of carbonyl (C=O) groups excluding carboxylic acids is 2. The van der Waals surface area contributed by atoms with Gasteiger partial charge in [-0.25, -0.2) is 5.43 Å². The zero-order valence-electron chi connectivity index (χ0n) is 10.4. The van der Waals surface area contributed by atoms with Crippen LogP contribution in [0.25, 0.3) is 0 Å². The average molecular weight is 249 g/mol. The number of furan rings is 1. The molecule has 6 heteroatoms. The van der Waals surface area contributed by atoms with Gasteiger partial charge in [-0.2, -0.15) is 5.10 Å². The molecule has 0 spiro atoms.